The molecule has 0 unspecified atom stereocenters. The average Bonchev–Trinajstić information content (AvgIpc) is 2.76. The Morgan fingerprint density at radius 2 is 1.90 bits per heavy atom. The van der Waals surface area contributed by atoms with Crippen LogP contribution in [0, 0.1) is 0 Å². The molecule has 146 valence electrons. The lowest BCUT2D eigenvalue weighted by Crippen LogP contribution is -2.25. The predicted octanol–water partition coefficient (Wildman–Crippen LogP) is 5.45. The van der Waals surface area contributed by atoms with Gasteiger partial charge in [-0.3, -0.25) is 9.78 Å². The number of pyridine rings is 1. The molecule has 4 nitrogen and oxygen atoms in total. The molecule has 4 heteroatoms. The van der Waals surface area contributed by atoms with Gasteiger partial charge in [-0.2, -0.15) is 0 Å². The number of hydrogen-bond donors (Lipinski definition) is 1. The molecule has 3 rings (SSSR count). The van der Waals surface area contributed by atoms with E-state index in [4.69, 9.17) is 4.74 Å². The maximum absolute atomic E-state index is 12.5. The van der Waals surface area contributed by atoms with Crippen molar-refractivity contribution in [2.75, 3.05) is 6.54 Å². The molecule has 0 bridgehead atoms. The van der Waals surface area contributed by atoms with Crippen molar-refractivity contribution >= 4 is 16.8 Å². The highest BCUT2D eigenvalue weighted by Gasteiger charge is 2.06. The zero-order valence-corrected chi connectivity index (χ0v) is 16.6. The van der Waals surface area contributed by atoms with Crippen molar-refractivity contribution in [3.05, 3.63) is 108 Å². The summed E-state index contributed by atoms with van der Waals surface area (Å²) in [5.41, 5.74) is 2.51. The summed E-state index contributed by atoms with van der Waals surface area (Å²) in [5, 5.41) is 3.90. The normalized spacial score (nSPS) is 12.3. The number of carbonyl (C=O) groups excluding carboxylic acids is 1. The molecule has 1 aromatic heterocycles. The van der Waals surface area contributed by atoms with Crippen LogP contribution in [0.15, 0.2) is 102 Å². The van der Waals surface area contributed by atoms with Gasteiger partial charge in [0.25, 0.3) is 5.91 Å². The average molecular weight is 384 g/mol. The van der Waals surface area contributed by atoms with Crippen molar-refractivity contribution in [1.29, 1.82) is 0 Å². The van der Waals surface area contributed by atoms with Gasteiger partial charge in [0.2, 0.25) is 0 Å². The van der Waals surface area contributed by atoms with E-state index in [1.54, 1.807) is 12.3 Å². The highest BCUT2D eigenvalue weighted by molar-refractivity contribution is 5.97. The summed E-state index contributed by atoms with van der Waals surface area (Å²) < 4.78 is 5.88. The Morgan fingerprint density at radius 1 is 1.07 bits per heavy atom. The van der Waals surface area contributed by atoms with Gasteiger partial charge in [0, 0.05) is 23.7 Å². The molecule has 0 saturated carbocycles. The number of hydrogen-bond acceptors (Lipinski definition) is 3. The molecule has 0 spiro atoms. The topological polar surface area (TPSA) is 51.2 Å². The molecule has 0 aliphatic heterocycles. The molecule has 0 atom stereocenters. The van der Waals surface area contributed by atoms with E-state index in [9.17, 15) is 4.79 Å². The third-order valence-corrected chi connectivity index (χ3v) is 4.23. The molecule has 29 heavy (non-hydrogen) atoms. The van der Waals surface area contributed by atoms with E-state index in [2.05, 4.69) is 10.3 Å². The van der Waals surface area contributed by atoms with E-state index in [0.29, 0.717) is 12.1 Å². The van der Waals surface area contributed by atoms with Crippen LogP contribution in [-0.4, -0.2) is 17.4 Å². The first-order valence-electron chi connectivity index (χ1n) is 9.52. The van der Waals surface area contributed by atoms with Gasteiger partial charge in [-0.15, -0.1) is 0 Å². The van der Waals surface area contributed by atoms with Gasteiger partial charge in [0.1, 0.15) is 11.5 Å². The zero-order valence-electron chi connectivity index (χ0n) is 16.6. The molecule has 0 fully saturated rings. The standard InChI is InChI=1S/C25H24N2O2/c1-3-8-22(29-23-10-5-4-6-11-23)14-12-19(2)18-27-25(28)21-13-15-24-20(17-21)9-7-16-26-24/h3-17H,18H2,1-2H3,(H,27,28)/b8-3+,19-12+,22-14+. The molecule has 0 aliphatic rings. The molecule has 0 aliphatic carbocycles. The minimum absolute atomic E-state index is 0.110. The highest BCUT2D eigenvalue weighted by Crippen LogP contribution is 2.15. The van der Waals surface area contributed by atoms with Crippen LogP contribution >= 0.6 is 0 Å². The molecule has 0 saturated heterocycles. The largest absolute Gasteiger partial charge is 0.457 e. The van der Waals surface area contributed by atoms with Gasteiger partial charge in [-0.25, -0.2) is 0 Å². The predicted molar refractivity (Wildman–Crippen MR) is 118 cm³/mol. The van der Waals surface area contributed by atoms with Gasteiger partial charge in [0.15, 0.2) is 0 Å². The minimum Gasteiger partial charge on any atom is -0.457 e. The van der Waals surface area contributed by atoms with Crippen LogP contribution in [-0.2, 0) is 0 Å². The monoisotopic (exact) mass is 384 g/mol. The summed E-state index contributed by atoms with van der Waals surface area (Å²) in [4.78, 5) is 16.7. The molecule has 2 aromatic carbocycles. The number of benzene rings is 2. The van der Waals surface area contributed by atoms with E-state index in [-0.39, 0.29) is 5.91 Å². The second-order valence-electron chi connectivity index (χ2n) is 6.59. The molecular weight excluding hydrogens is 360 g/mol. The van der Waals surface area contributed by atoms with Gasteiger partial charge in [-0.1, -0.05) is 42.0 Å². The van der Waals surface area contributed by atoms with Gasteiger partial charge in [-0.05, 0) is 62.4 Å². The first kappa shape index (κ1) is 20.1. The van der Waals surface area contributed by atoms with Gasteiger partial charge in [0.05, 0.1) is 5.52 Å². The summed E-state index contributed by atoms with van der Waals surface area (Å²) in [6.07, 6.45) is 9.42. The SMILES string of the molecule is C/C=C/C(=C\C=C(/C)CNC(=O)c1ccc2ncccc2c1)Oc1ccccc1. The number of amides is 1. The fourth-order valence-corrected chi connectivity index (χ4v) is 2.73. The second kappa shape index (κ2) is 10.0. The smallest absolute Gasteiger partial charge is 0.251 e. The molecular formula is C25H24N2O2. The maximum atomic E-state index is 12.5. The van der Waals surface area contributed by atoms with E-state index in [1.165, 1.54) is 0 Å². The Hall–Kier alpha value is -3.66. The third-order valence-electron chi connectivity index (χ3n) is 4.23. The number of rotatable bonds is 7. The molecule has 1 amide bonds. The van der Waals surface area contributed by atoms with Crippen molar-refractivity contribution in [1.82, 2.24) is 10.3 Å². The van der Waals surface area contributed by atoms with Crippen molar-refractivity contribution in [2.45, 2.75) is 13.8 Å². The Kier molecular flexibility index (Phi) is 6.95. The number of carbonyl (C=O) groups is 1. The van der Waals surface area contributed by atoms with Crippen molar-refractivity contribution in [2.24, 2.45) is 0 Å². The Labute approximate surface area is 171 Å². The Morgan fingerprint density at radius 3 is 2.69 bits per heavy atom. The number of nitrogens with zero attached hydrogens (tertiary/aromatic N) is 1. The lowest BCUT2D eigenvalue weighted by molar-refractivity contribution is 0.0957. The van der Waals surface area contributed by atoms with Crippen molar-refractivity contribution in [3.8, 4) is 5.75 Å². The van der Waals surface area contributed by atoms with Crippen LogP contribution in [0.1, 0.15) is 24.2 Å². The molecule has 1 N–H and O–H groups in total. The van der Waals surface area contributed by atoms with Crippen LogP contribution < -0.4 is 10.1 Å². The van der Waals surface area contributed by atoms with E-state index >= 15 is 0 Å². The second-order valence-corrected chi connectivity index (χ2v) is 6.59. The van der Waals surface area contributed by atoms with E-state index in [0.717, 1.165) is 28.0 Å². The van der Waals surface area contributed by atoms with Gasteiger partial charge < -0.3 is 10.1 Å². The van der Waals surface area contributed by atoms with Crippen LogP contribution in [0.5, 0.6) is 5.75 Å². The Bertz CT molecular complexity index is 1070. The summed E-state index contributed by atoms with van der Waals surface area (Å²) in [6.45, 7) is 4.36. The summed E-state index contributed by atoms with van der Waals surface area (Å²) >= 11 is 0. The van der Waals surface area contributed by atoms with Crippen LogP contribution in [0.2, 0.25) is 0 Å². The maximum Gasteiger partial charge on any atom is 0.251 e. The number of aromatic nitrogens is 1. The Balaban J connectivity index is 1.62. The van der Waals surface area contributed by atoms with Crippen molar-refractivity contribution in [3.63, 3.8) is 0 Å². The fraction of sp³-hybridized carbons (Fsp3) is 0.120. The van der Waals surface area contributed by atoms with E-state index in [1.807, 2.05) is 92.7 Å². The fourth-order valence-electron chi connectivity index (χ4n) is 2.73. The highest BCUT2D eigenvalue weighted by atomic mass is 16.5. The number of para-hydroxylation sites is 1. The van der Waals surface area contributed by atoms with E-state index < -0.39 is 0 Å². The summed E-state index contributed by atoms with van der Waals surface area (Å²) in [6, 6.07) is 19.0. The number of fused-ring (bicyclic) bond motifs is 1. The van der Waals surface area contributed by atoms with Crippen LogP contribution in [0.3, 0.4) is 0 Å². The molecule has 0 radical (unpaired) electrons. The van der Waals surface area contributed by atoms with Crippen molar-refractivity contribution < 1.29 is 9.53 Å². The third kappa shape index (κ3) is 5.91. The number of nitrogens with one attached hydrogen (secondary N) is 1. The summed E-state index contributed by atoms with van der Waals surface area (Å²) in [5.74, 6) is 1.40. The molecule has 3 aromatic rings. The minimum atomic E-state index is -0.110. The number of ether oxygens (including phenoxy) is 1. The zero-order chi connectivity index (χ0) is 20.5. The van der Waals surface area contributed by atoms with Crippen LogP contribution in [0.25, 0.3) is 10.9 Å². The van der Waals surface area contributed by atoms with Gasteiger partial charge >= 0.3 is 0 Å². The molecule has 1 heterocycles. The van der Waals surface area contributed by atoms with Crippen LogP contribution in [0.4, 0.5) is 0 Å². The number of allylic oxidation sites excluding steroid dienone is 4. The lowest BCUT2D eigenvalue weighted by Gasteiger charge is -2.07. The summed E-state index contributed by atoms with van der Waals surface area (Å²) in [7, 11) is 0. The quantitative estimate of drug-likeness (QED) is 0.435. The first-order chi connectivity index (χ1) is 14.2. The first-order valence-corrected chi connectivity index (χ1v) is 9.52. The lowest BCUT2D eigenvalue weighted by atomic mass is 10.1.